The molecule has 3 rings (SSSR count). The van der Waals surface area contributed by atoms with E-state index in [0.29, 0.717) is 52.2 Å². The van der Waals surface area contributed by atoms with Crippen molar-refractivity contribution in [2.75, 3.05) is 18.4 Å². The molecule has 7 heteroatoms. The topological polar surface area (TPSA) is 49.4 Å². The quantitative estimate of drug-likeness (QED) is 0.760. The van der Waals surface area contributed by atoms with Crippen LogP contribution in [0.4, 0.5) is 5.69 Å². The lowest BCUT2D eigenvalue weighted by Crippen LogP contribution is -2.41. The SMILES string of the molecule is O=C(Nc1ccc(Cl)cc1Cl)C1CCN(C(=O)c2ccccc2Cl)CC1. The van der Waals surface area contributed by atoms with E-state index in [9.17, 15) is 9.59 Å². The Labute approximate surface area is 167 Å². The van der Waals surface area contributed by atoms with E-state index >= 15 is 0 Å². The summed E-state index contributed by atoms with van der Waals surface area (Å²) in [5.41, 5.74) is 1.03. The van der Waals surface area contributed by atoms with Crippen LogP contribution in [0.1, 0.15) is 23.2 Å². The van der Waals surface area contributed by atoms with Gasteiger partial charge >= 0.3 is 0 Å². The van der Waals surface area contributed by atoms with E-state index in [-0.39, 0.29) is 17.7 Å². The van der Waals surface area contributed by atoms with Gasteiger partial charge in [0, 0.05) is 24.0 Å². The summed E-state index contributed by atoms with van der Waals surface area (Å²) in [6.45, 7) is 1.02. The van der Waals surface area contributed by atoms with Crippen LogP contribution in [0.5, 0.6) is 0 Å². The summed E-state index contributed by atoms with van der Waals surface area (Å²) in [6.07, 6.45) is 1.18. The highest BCUT2D eigenvalue weighted by molar-refractivity contribution is 6.36. The number of piperidine rings is 1. The summed E-state index contributed by atoms with van der Waals surface area (Å²) in [5, 5.41) is 4.19. The van der Waals surface area contributed by atoms with Gasteiger partial charge in [0.2, 0.25) is 5.91 Å². The maximum absolute atomic E-state index is 12.6. The maximum atomic E-state index is 12.6. The van der Waals surface area contributed by atoms with Crippen molar-refractivity contribution in [2.24, 2.45) is 5.92 Å². The molecule has 1 heterocycles. The second kappa shape index (κ2) is 8.30. The average Bonchev–Trinajstić information content (AvgIpc) is 2.64. The molecule has 0 unspecified atom stereocenters. The van der Waals surface area contributed by atoms with Crippen LogP contribution in [0.15, 0.2) is 42.5 Å². The number of hydrogen-bond donors (Lipinski definition) is 1. The van der Waals surface area contributed by atoms with Gasteiger partial charge < -0.3 is 10.2 Å². The third-order valence-electron chi connectivity index (χ3n) is 4.45. The Morgan fingerprint density at radius 3 is 2.31 bits per heavy atom. The fourth-order valence-corrected chi connectivity index (χ4v) is 3.65. The second-order valence-electron chi connectivity index (χ2n) is 6.16. The zero-order valence-corrected chi connectivity index (χ0v) is 16.1. The molecule has 0 saturated carbocycles. The number of rotatable bonds is 3. The fourth-order valence-electron chi connectivity index (χ4n) is 2.98. The Bertz CT molecular complexity index is 833. The maximum Gasteiger partial charge on any atom is 0.255 e. The van der Waals surface area contributed by atoms with Crippen molar-refractivity contribution in [3.63, 3.8) is 0 Å². The summed E-state index contributed by atoms with van der Waals surface area (Å²) in [7, 11) is 0. The van der Waals surface area contributed by atoms with Crippen molar-refractivity contribution in [1.82, 2.24) is 4.90 Å². The lowest BCUT2D eigenvalue weighted by atomic mass is 9.95. The van der Waals surface area contributed by atoms with Crippen LogP contribution in [-0.2, 0) is 4.79 Å². The molecule has 0 radical (unpaired) electrons. The summed E-state index contributed by atoms with van der Waals surface area (Å²) in [5.74, 6) is -0.369. The van der Waals surface area contributed by atoms with Gasteiger partial charge in [-0.25, -0.2) is 0 Å². The first-order valence-corrected chi connectivity index (χ1v) is 9.39. The number of benzene rings is 2. The minimum absolute atomic E-state index is 0.0981. The molecule has 26 heavy (non-hydrogen) atoms. The lowest BCUT2D eigenvalue weighted by molar-refractivity contribution is -0.121. The molecule has 2 aromatic carbocycles. The van der Waals surface area contributed by atoms with E-state index in [4.69, 9.17) is 34.8 Å². The largest absolute Gasteiger partial charge is 0.339 e. The van der Waals surface area contributed by atoms with Crippen LogP contribution >= 0.6 is 34.8 Å². The van der Waals surface area contributed by atoms with E-state index in [1.807, 2.05) is 0 Å². The number of amides is 2. The number of hydrogen-bond acceptors (Lipinski definition) is 2. The predicted octanol–water partition coefficient (Wildman–Crippen LogP) is 5.14. The van der Waals surface area contributed by atoms with E-state index in [0.717, 1.165) is 0 Å². The first kappa shape index (κ1) is 19.0. The fraction of sp³-hybridized carbons (Fsp3) is 0.263. The first-order chi connectivity index (χ1) is 12.5. The van der Waals surface area contributed by atoms with E-state index in [1.54, 1.807) is 47.4 Å². The first-order valence-electron chi connectivity index (χ1n) is 8.25. The molecule has 0 spiro atoms. The van der Waals surface area contributed by atoms with Crippen molar-refractivity contribution in [3.8, 4) is 0 Å². The molecule has 1 fully saturated rings. The normalized spacial score (nSPS) is 15.0. The predicted molar refractivity (Wildman–Crippen MR) is 105 cm³/mol. The van der Waals surface area contributed by atoms with E-state index in [2.05, 4.69) is 5.32 Å². The van der Waals surface area contributed by atoms with Crippen molar-refractivity contribution < 1.29 is 9.59 Å². The van der Waals surface area contributed by atoms with Crippen molar-refractivity contribution in [3.05, 3.63) is 63.1 Å². The van der Waals surface area contributed by atoms with Gasteiger partial charge in [0.05, 0.1) is 21.3 Å². The van der Waals surface area contributed by atoms with Gasteiger partial charge in [-0.3, -0.25) is 9.59 Å². The van der Waals surface area contributed by atoms with E-state index in [1.165, 1.54) is 0 Å². The average molecular weight is 412 g/mol. The molecule has 1 aliphatic heterocycles. The molecule has 0 atom stereocenters. The molecule has 0 bridgehead atoms. The highest BCUT2D eigenvalue weighted by atomic mass is 35.5. The van der Waals surface area contributed by atoms with Crippen molar-refractivity contribution in [2.45, 2.75) is 12.8 Å². The van der Waals surface area contributed by atoms with Crippen LogP contribution < -0.4 is 5.32 Å². The summed E-state index contributed by atoms with van der Waals surface area (Å²) < 4.78 is 0. The minimum Gasteiger partial charge on any atom is -0.339 e. The third kappa shape index (κ3) is 4.32. The zero-order chi connectivity index (χ0) is 18.7. The Kier molecular flexibility index (Phi) is 6.07. The summed E-state index contributed by atoms with van der Waals surface area (Å²) in [4.78, 5) is 26.8. The van der Waals surface area contributed by atoms with Gasteiger partial charge in [-0.15, -0.1) is 0 Å². The van der Waals surface area contributed by atoms with Gasteiger partial charge in [0.1, 0.15) is 0 Å². The smallest absolute Gasteiger partial charge is 0.255 e. The highest BCUT2D eigenvalue weighted by Gasteiger charge is 2.28. The number of carbonyl (C=O) groups excluding carboxylic acids is 2. The zero-order valence-electron chi connectivity index (χ0n) is 13.8. The Hall–Kier alpha value is -1.75. The molecule has 136 valence electrons. The number of anilines is 1. The van der Waals surface area contributed by atoms with Crippen molar-refractivity contribution in [1.29, 1.82) is 0 Å². The van der Waals surface area contributed by atoms with Gasteiger partial charge in [-0.2, -0.15) is 0 Å². The Morgan fingerprint density at radius 1 is 0.962 bits per heavy atom. The molecule has 1 saturated heterocycles. The van der Waals surface area contributed by atoms with Crippen LogP contribution in [-0.4, -0.2) is 29.8 Å². The van der Waals surface area contributed by atoms with Gasteiger partial charge in [0.15, 0.2) is 0 Å². The highest BCUT2D eigenvalue weighted by Crippen LogP contribution is 2.28. The lowest BCUT2D eigenvalue weighted by Gasteiger charge is -2.31. The molecule has 4 nitrogen and oxygen atoms in total. The molecule has 0 aromatic heterocycles. The second-order valence-corrected chi connectivity index (χ2v) is 7.41. The molecule has 2 aromatic rings. The Morgan fingerprint density at radius 2 is 1.65 bits per heavy atom. The number of halogens is 3. The summed E-state index contributed by atoms with van der Waals surface area (Å²) >= 11 is 18.1. The molecular formula is C19H17Cl3N2O2. The third-order valence-corrected chi connectivity index (χ3v) is 5.32. The Balaban J connectivity index is 1.59. The number of carbonyl (C=O) groups is 2. The number of likely N-dealkylation sites (tertiary alicyclic amines) is 1. The standard InChI is InChI=1S/C19H17Cl3N2O2/c20-13-5-6-17(16(22)11-13)23-18(25)12-7-9-24(10-8-12)19(26)14-3-1-2-4-15(14)21/h1-6,11-12H,7-10H2,(H,23,25). The molecule has 0 aliphatic carbocycles. The van der Waals surface area contributed by atoms with Crippen LogP contribution in [0.25, 0.3) is 0 Å². The van der Waals surface area contributed by atoms with Crippen LogP contribution in [0, 0.1) is 5.92 Å². The molecule has 1 aliphatic rings. The van der Waals surface area contributed by atoms with Gasteiger partial charge in [-0.1, -0.05) is 46.9 Å². The van der Waals surface area contributed by atoms with Crippen molar-refractivity contribution >= 4 is 52.3 Å². The monoisotopic (exact) mass is 410 g/mol. The minimum atomic E-state index is -0.169. The van der Waals surface area contributed by atoms with Crippen LogP contribution in [0.3, 0.4) is 0 Å². The van der Waals surface area contributed by atoms with E-state index < -0.39 is 0 Å². The molecule has 1 N–H and O–H groups in total. The van der Waals surface area contributed by atoms with Gasteiger partial charge in [0.25, 0.3) is 5.91 Å². The molecule has 2 amide bonds. The van der Waals surface area contributed by atoms with Gasteiger partial charge in [-0.05, 0) is 43.2 Å². The summed E-state index contributed by atoms with van der Waals surface area (Å²) in [6, 6.07) is 11.9. The molecular weight excluding hydrogens is 395 g/mol. The number of nitrogens with one attached hydrogen (secondary N) is 1. The van der Waals surface area contributed by atoms with Crippen LogP contribution in [0.2, 0.25) is 15.1 Å². The number of nitrogens with zero attached hydrogens (tertiary/aromatic N) is 1.